The van der Waals surface area contributed by atoms with Gasteiger partial charge >= 0.3 is 0 Å². The zero-order valence-electron chi connectivity index (χ0n) is 14.5. The highest BCUT2D eigenvalue weighted by Crippen LogP contribution is 2.26. The van der Waals surface area contributed by atoms with Gasteiger partial charge in [0.05, 0.1) is 12.1 Å². The van der Waals surface area contributed by atoms with Crippen molar-refractivity contribution in [1.82, 2.24) is 20.8 Å². The molecule has 1 aliphatic carbocycles. The van der Waals surface area contributed by atoms with Gasteiger partial charge in [0, 0.05) is 18.7 Å². The van der Waals surface area contributed by atoms with Crippen molar-refractivity contribution in [3.63, 3.8) is 0 Å². The quantitative estimate of drug-likeness (QED) is 0.556. The number of carbonyl (C=O) groups is 2. The van der Waals surface area contributed by atoms with E-state index in [-0.39, 0.29) is 17.7 Å². The number of benzene rings is 1. The van der Waals surface area contributed by atoms with Gasteiger partial charge in [0.15, 0.2) is 0 Å². The first-order valence-corrected chi connectivity index (χ1v) is 8.93. The van der Waals surface area contributed by atoms with Crippen LogP contribution in [0, 0.1) is 5.92 Å². The maximum atomic E-state index is 12.3. The van der Waals surface area contributed by atoms with Gasteiger partial charge in [-0.25, -0.2) is 0 Å². The Morgan fingerprint density at radius 2 is 2.00 bits per heavy atom. The second-order valence-electron chi connectivity index (χ2n) is 6.67. The molecule has 0 aliphatic heterocycles. The summed E-state index contributed by atoms with van der Waals surface area (Å²) in [7, 11) is 0. The lowest BCUT2D eigenvalue weighted by molar-refractivity contribution is -0.125. The number of carbonyl (C=O) groups excluding carboxylic acids is 2. The third-order valence-electron chi connectivity index (χ3n) is 4.75. The minimum atomic E-state index is -0.720. The molecule has 1 aromatic carbocycles. The van der Waals surface area contributed by atoms with Crippen molar-refractivity contribution in [2.75, 3.05) is 6.54 Å². The van der Waals surface area contributed by atoms with Crippen molar-refractivity contribution in [2.24, 2.45) is 5.92 Å². The number of aromatic nitrogens is 2. The molecule has 0 radical (unpaired) electrons. The van der Waals surface area contributed by atoms with E-state index in [0.29, 0.717) is 25.1 Å². The van der Waals surface area contributed by atoms with Crippen LogP contribution in [0.4, 0.5) is 0 Å². The van der Waals surface area contributed by atoms with Gasteiger partial charge in [-0.05, 0) is 37.3 Å². The Hall–Kier alpha value is -2.67. The van der Waals surface area contributed by atoms with E-state index in [1.165, 1.54) is 11.8 Å². The Kier molecular flexibility index (Phi) is 6.01. The van der Waals surface area contributed by atoms with Crippen LogP contribution in [-0.2, 0) is 11.2 Å². The molecular formula is C19H24N4O3. The molecular weight excluding hydrogens is 332 g/mol. The van der Waals surface area contributed by atoms with Crippen LogP contribution in [0.25, 0.3) is 0 Å². The van der Waals surface area contributed by atoms with Crippen LogP contribution in [0.3, 0.4) is 0 Å². The average molecular weight is 356 g/mol. The molecule has 3 rings (SSSR count). The topological polar surface area (TPSA) is 107 Å². The van der Waals surface area contributed by atoms with Gasteiger partial charge in [-0.15, -0.1) is 0 Å². The largest absolute Gasteiger partial charge is 0.391 e. The molecule has 3 atom stereocenters. The summed E-state index contributed by atoms with van der Waals surface area (Å²) in [6, 6.07) is 11.3. The molecule has 26 heavy (non-hydrogen) atoms. The number of aliphatic hydroxyl groups is 1. The van der Waals surface area contributed by atoms with Gasteiger partial charge in [0.25, 0.3) is 5.91 Å². The first-order chi connectivity index (χ1) is 12.6. The standard InChI is InChI=1S/C19H24N4O3/c24-17-12-14(11-16(17)22-19(26)15-8-10-21-23-15)18(25)20-9-4-7-13-5-2-1-3-6-13/h1-3,5-6,8,10,14,16-17,24H,4,7,9,11-12H2,(H,20,25)(H,21,23)(H,22,26)/t14-,16-,17-/m0/s1. The highest BCUT2D eigenvalue weighted by Gasteiger charge is 2.37. The summed E-state index contributed by atoms with van der Waals surface area (Å²) in [5.41, 5.74) is 1.59. The number of aryl methyl sites for hydroxylation is 1. The molecule has 0 saturated heterocycles. The Bertz CT molecular complexity index is 718. The smallest absolute Gasteiger partial charge is 0.269 e. The number of aliphatic hydroxyl groups excluding tert-OH is 1. The lowest BCUT2D eigenvalue weighted by Gasteiger charge is -2.15. The molecule has 1 fully saturated rings. The Morgan fingerprint density at radius 3 is 2.73 bits per heavy atom. The van der Waals surface area contributed by atoms with Crippen molar-refractivity contribution >= 4 is 11.8 Å². The van der Waals surface area contributed by atoms with Crippen molar-refractivity contribution in [1.29, 1.82) is 0 Å². The third kappa shape index (κ3) is 4.70. The summed E-state index contributed by atoms with van der Waals surface area (Å²) >= 11 is 0. The number of amides is 2. The lowest BCUT2D eigenvalue weighted by Crippen LogP contribution is -2.40. The monoisotopic (exact) mass is 356 g/mol. The summed E-state index contributed by atoms with van der Waals surface area (Å²) in [4.78, 5) is 24.3. The Balaban J connectivity index is 1.40. The molecule has 1 saturated carbocycles. The minimum absolute atomic E-state index is 0.0598. The van der Waals surface area contributed by atoms with Gasteiger partial charge in [0.2, 0.25) is 5.91 Å². The van der Waals surface area contributed by atoms with E-state index in [0.717, 1.165) is 12.8 Å². The molecule has 0 bridgehead atoms. The van der Waals surface area contributed by atoms with E-state index in [9.17, 15) is 14.7 Å². The maximum Gasteiger partial charge on any atom is 0.269 e. The SMILES string of the molecule is O=C(N[C@H]1C[C@H](C(=O)NCCCc2ccccc2)C[C@@H]1O)c1ccn[nH]1. The van der Waals surface area contributed by atoms with Crippen LogP contribution in [0.1, 0.15) is 35.3 Å². The first kappa shape index (κ1) is 18.1. The van der Waals surface area contributed by atoms with Gasteiger partial charge < -0.3 is 15.7 Å². The Morgan fingerprint density at radius 1 is 1.19 bits per heavy atom. The fourth-order valence-corrected chi connectivity index (χ4v) is 3.31. The predicted octanol–water partition coefficient (Wildman–Crippen LogP) is 1.03. The van der Waals surface area contributed by atoms with Crippen molar-refractivity contribution in [3.8, 4) is 0 Å². The van der Waals surface area contributed by atoms with Crippen LogP contribution in [0.15, 0.2) is 42.6 Å². The highest BCUT2D eigenvalue weighted by molar-refractivity contribution is 5.92. The molecule has 1 aliphatic rings. The first-order valence-electron chi connectivity index (χ1n) is 8.93. The molecule has 2 amide bonds. The van der Waals surface area contributed by atoms with Crippen LogP contribution < -0.4 is 10.6 Å². The van der Waals surface area contributed by atoms with Crippen molar-refractivity contribution < 1.29 is 14.7 Å². The molecule has 0 unspecified atom stereocenters. The number of aromatic amines is 1. The van der Waals surface area contributed by atoms with Gasteiger partial charge in [-0.2, -0.15) is 5.10 Å². The lowest BCUT2D eigenvalue weighted by atomic mass is 10.1. The summed E-state index contributed by atoms with van der Waals surface area (Å²) in [6.45, 7) is 0.603. The molecule has 7 nitrogen and oxygen atoms in total. The second kappa shape index (κ2) is 8.62. The number of hydrogen-bond donors (Lipinski definition) is 4. The molecule has 7 heteroatoms. The molecule has 0 spiro atoms. The number of nitrogens with one attached hydrogen (secondary N) is 3. The van der Waals surface area contributed by atoms with E-state index >= 15 is 0 Å². The van der Waals surface area contributed by atoms with Crippen LogP contribution in [-0.4, -0.2) is 45.8 Å². The number of hydrogen-bond acceptors (Lipinski definition) is 4. The van der Waals surface area contributed by atoms with E-state index in [1.54, 1.807) is 6.07 Å². The molecule has 2 aromatic rings. The minimum Gasteiger partial charge on any atom is -0.391 e. The van der Waals surface area contributed by atoms with E-state index in [2.05, 4.69) is 33.0 Å². The van der Waals surface area contributed by atoms with E-state index < -0.39 is 12.1 Å². The highest BCUT2D eigenvalue weighted by atomic mass is 16.3. The molecule has 1 aromatic heterocycles. The summed E-state index contributed by atoms with van der Waals surface area (Å²) in [5.74, 6) is -0.667. The normalized spacial score (nSPS) is 22.1. The number of nitrogens with zero attached hydrogens (tertiary/aromatic N) is 1. The summed E-state index contributed by atoms with van der Waals surface area (Å²) in [6.07, 6.45) is 3.35. The second-order valence-corrected chi connectivity index (χ2v) is 6.67. The fraction of sp³-hybridized carbons (Fsp3) is 0.421. The Labute approximate surface area is 152 Å². The maximum absolute atomic E-state index is 12.3. The van der Waals surface area contributed by atoms with Gasteiger partial charge in [0.1, 0.15) is 5.69 Å². The predicted molar refractivity (Wildman–Crippen MR) is 96.3 cm³/mol. The van der Waals surface area contributed by atoms with Crippen LogP contribution >= 0.6 is 0 Å². The zero-order chi connectivity index (χ0) is 18.4. The summed E-state index contributed by atoms with van der Waals surface area (Å²) < 4.78 is 0. The van der Waals surface area contributed by atoms with Crippen molar-refractivity contribution in [2.45, 2.75) is 37.8 Å². The average Bonchev–Trinajstić information content (AvgIpc) is 3.30. The molecule has 138 valence electrons. The van der Waals surface area contributed by atoms with Crippen LogP contribution in [0.5, 0.6) is 0 Å². The van der Waals surface area contributed by atoms with Gasteiger partial charge in [-0.3, -0.25) is 14.7 Å². The summed E-state index contributed by atoms with van der Waals surface area (Å²) in [5, 5.41) is 22.2. The van der Waals surface area contributed by atoms with E-state index in [1.807, 2.05) is 18.2 Å². The molecule has 1 heterocycles. The number of H-pyrrole nitrogens is 1. The van der Waals surface area contributed by atoms with Crippen molar-refractivity contribution in [3.05, 3.63) is 53.9 Å². The van der Waals surface area contributed by atoms with E-state index in [4.69, 9.17) is 0 Å². The van der Waals surface area contributed by atoms with Crippen LogP contribution in [0.2, 0.25) is 0 Å². The number of rotatable bonds is 7. The molecule has 4 N–H and O–H groups in total. The third-order valence-corrected chi connectivity index (χ3v) is 4.75. The zero-order valence-corrected chi connectivity index (χ0v) is 14.5. The fourth-order valence-electron chi connectivity index (χ4n) is 3.31. The van der Waals surface area contributed by atoms with Gasteiger partial charge in [-0.1, -0.05) is 30.3 Å².